The lowest BCUT2D eigenvalue weighted by molar-refractivity contribution is -0.145. The molecule has 3 rings (SSSR count). The van der Waals surface area contributed by atoms with Crippen LogP contribution in [0.4, 0.5) is 0 Å². The fourth-order valence-electron chi connectivity index (χ4n) is 3.46. The minimum atomic E-state index is -0.156. The third-order valence-corrected chi connectivity index (χ3v) is 4.29. The first-order valence-corrected chi connectivity index (χ1v) is 6.21. The summed E-state index contributed by atoms with van der Waals surface area (Å²) in [4.78, 5) is 24.6. The molecule has 3 aliphatic rings. The molecule has 0 amide bonds. The van der Waals surface area contributed by atoms with E-state index in [-0.39, 0.29) is 23.7 Å². The van der Waals surface area contributed by atoms with Crippen molar-refractivity contribution in [3.05, 3.63) is 24.3 Å². The number of carbonyl (C=O) groups excluding carboxylic acids is 2. The Bertz CT molecular complexity index is 354. The van der Waals surface area contributed by atoms with Crippen LogP contribution in [0.15, 0.2) is 24.3 Å². The molecule has 0 saturated heterocycles. The van der Waals surface area contributed by atoms with Crippen LogP contribution in [0.25, 0.3) is 0 Å². The summed E-state index contributed by atoms with van der Waals surface area (Å²) in [6.07, 6.45) is 11.7. The van der Waals surface area contributed by atoms with Gasteiger partial charge in [-0.2, -0.15) is 0 Å². The van der Waals surface area contributed by atoms with Crippen molar-refractivity contribution in [3.63, 3.8) is 0 Å². The van der Waals surface area contributed by atoms with Crippen molar-refractivity contribution in [1.29, 1.82) is 0 Å². The maximum absolute atomic E-state index is 12.3. The zero-order chi connectivity index (χ0) is 11.1. The molecule has 0 N–H and O–H groups in total. The van der Waals surface area contributed by atoms with Crippen LogP contribution >= 0.6 is 0 Å². The Morgan fingerprint density at radius 3 is 1.69 bits per heavy atom. The predicted octanol–water partition coefficient (Wildman–Crippen LogP) is 2.30. The normalized spacial score (nSPS) is 41.8. The second-order valence-corrected chi connectivity index (χ2v) is 5.12. The van der Waals surface area contributed by atoms with E-state index in [9.17, 15) is 9.59 Å². The average Bonchev–Trinajstić information content (AvgIpc) is 2.36. The molecule has 3 aliphatic carbocycles. The van der Waals surface area contributed by atoms with E-state index in [2.05, 4.69) is 0 Å². The summed E-state index contributed by atoms with van der Waals surface area (Å²) in [5.41, 5.74) is 0. The summed E-state index contributed by atoms with van der Waals surface area (Å²) in [6.45, 7) is 0. The molecule has 4 atom stereocenters. The summed E-state index contributed by atoms with van der Waals surface area (Å²) < 4.78 is 0. The summed E-state index contributed by atoms with van der Waals surface area (Å²) in [7, 11) is 0. The zero-order valence-corrected chi connectivity index (χ0v) is 9.26. The quantitative estimate of drug-likeness (QED) is 0.622. The van der Waals surface area contributed by atoms with Crippen molar-refractivity contribution in [1.82, 2.24) is 0 Å². The molecular formula is C14H16O2. The van der Waals surface area contributed by atoms with Crippen LogP contribution in [0.2, 0.25) is 0 Å². The van der Waals surface area contributed by atoms with Crippen LogP contribution in [-0.4, -0.2) is 11.6 Å². The Hall–Kier alpha value is -1.18. The van der Waals surface area contributed by atoms with Gasteiger partial charge in [0.25, 0.3) is 0 Å². The lowest BCUT2D eigenvalue weighted by Gasteiger charge is -2.40. The van der Waals surface area contributed by atoms with Crippen molar-refractivity contribution in [3.8, 4) is 0 Å². The van der Waals surface area contributed by atoms with Gasteiger partial charge >= 0.3 is 0 Å². The molecule has 2 heteroatoms. The Kier molecular flexibility index (Phi) is 2.31. The van der Waals surface area contributed by atoms with Crippen molar-refractivity contribution in [2.24, 2.45) is 23.7 Å². The lowest BCUT2D eigenvalue weighted by Crippen LogP contribution is -2.47. The van der Waals surface area contributed by atoms with Gasteiger partial charge in [-0.15, -0.1) is 0 Å². The first kappa shape index (κ1) is 10.0. The molecule has 0 aromatic rings. The van der Waals surface area contributed by atoms with E-state index in [4.69, 9.17) is 0 Å². The van der Waals surface area contributed by atoms with Gasteiger partial charge in [0.2, 0.25) is 0 Å². The number of allylic oxidation sites excluding steroid dienone is 4. The molecule has 0 radical (unpaired) electrons. The van der Waals surface area contributed by atoms with Gasteiger partial charge in [0.05, 0.1) is 0 Å². The first-order chi connectivity index (χ1) is 7.79. The van der Waals surface area contributed by atoms with E-state index < -0.39 is 0 Å². The van der Waals surface area contributed by atoms with E-state index in [0.717, 1.165) is 25.7 Å². The standard InChI is InChI=1S/C14H16O2/c15-13-9-5-1-2-6-10(9)14(16)12-8-4-3-7-11(12)13/h1-2,5-6,9-12H,3-4,7-8H2. The number of Topliss-reactive ketones (excluding diaryl/α,β-unsaturated/α-hetero) is 2. The van der Waals surface area contributed by atoms with Crippen molar-refractivity contribution < 1.29 is 9.59 Å². The largest absolute Gasteiger partial charge is 0.299 e. The number of hydrogen-bond acceptors (Lipinski definition) is 2. The summed E-state index contributed by atoms with van der Waals surface area (Å²) >= 11 is 0. The van der Waals surface area contributed by atoms with Crippen LogP contribution in [0.5, 0.6) is 0 Å². The molecule has 0 aromatic carbocycles. The molecule has 0 bridgehead atoms. The summed E-state index contributed by atoms with van der Waals surface area (Å²) in [5.74, 6) is 0.371. The van der Waals surface area contributed by atoms with Crippen LogP contribution in [-0.2, 0) is 9.59 Å². The predicted molar refractivity (Wildman–Crippen MR) is 60.7 cm³/mol. The van der Waals surface area contributed by atoms with Crippen molar-refractivity contribution in [2.45, 2.75) is 25.7 Å². The molecule has 2 saturated carbocycles. The van der Waals surface area contributed by atoms with E-state index in [0.29, 0.717) is 11.6 Å². The van der Waals surface area contributed by atoms with Gasteiger partial charge in [0.15, 0.2) is 0 Å². The molecule has 16 heavy (non-hydrogen) atoms. The Morgan fingerprint density at radius 2 is 1.25 bits per heavy atom. The molecule has 2 nitrogen and oxygen atoms in total. The minimum Gasteiger partial charge on any atom is -0.299 e. The van der Waals surface area contributed by atoms with E-state index in [1.54, 1.807) is 0 Å². The number of hydrogen-bond donors (Lipinski definition) is 0. The maximum atomic E-state index is 12.3. The third kappa shape index (κ3) is 1.32. The fourth-order valence-corrected chi connectivity index (χ4v) is 3.46. The maximum Gasteiger partial charge on any atom is 0.144 e. The van der Waals surface area contributed by atoms with Gasteiger partial charge in [-0.3, -0.25) is 9.59 Å². The van der Waals surface area contributed by atoms with E-state index in [1.165, 1.54) is 0 Å². The van der Waals surface area contributed by atoms with Crippen LogP contribution in [0.3, 0.4) is 0 Å². The van der Waals surface area contributed by atoms with Crippen LogP contribution in [0, 0.1) is 23.7 Å². The number of fused-ring (bicyclic) bond motifs is 2. The third-order valence-electron chi connectivity index (χ3n) is 4.29. The second kappa shape index (κ2) is 3.69. The SMILES string of the molecule is O=C1C2C=CC=CC2C(=O)C2CCCCC12. The Labute approximate surface area is 95.4 Å². The molecular weight excluding hydrogens is 200 g/mol. The van der Waals surface area contributed by atoms with Gasteiger partial charge in [-0.25, -0.2) is 0 Å². The molecule has 0 heterocycles. The van der Waals surface area contributed by atoms with Crippen LogP contribution in [0.1, 0.15) is 25.7 Å². The zero-order valence-electron chi connectivity index (χ0n) is 9.26. The minimum absolute atomic E-state index is 0.0265. The van der Waals surface area contributed by atoms with Gasteiger partial charge in [-0.1, -0.05) is 37.1 Å². The van der Waals surface area contributed by atoms with Gasteiger partial charge in [-0.05, 0) is 12.8 Å². The molecule has 0 aliphatic heterocycles. The summed E-state index contributed by atoms with van der Waals surface area (Å²) in [5, 5.41) is 0. The highest BCUT2D eigenvalue weighted by Crippen LogP contribution is 2.42. The first-order valence-electron chi connectivity index (χ1n) is 6.21. The molecule has 4 unspecified atom stereocenters. The topological polar surface area (TPSA) is 34.1 Å². The Morgan fingerprint density at radius 1 is 0.812 bits per heavy atom. The molecule has 84 valence electrons. The Balaban J connectivity index is 1.96. The highest BCUT2D eigenvalue weighted by molar-refractivity contribution is 6.01. The monoisotopic (exact) mass is 216 g/mol. The number of ketones is 2. The van der Waals surface area contributed by atoms with Gasteiger partial charge in [0, 0.05) is 23.7 Å². The van der Waals surface area contributed by atoms with Crippen molar-refractivity contribution in [2.75, 3.05) is 0 Å². The van der Waals surface area contributed by atoms with Crippen LogP contribution < -0.4 is 0 Å². The highest BCUT2D eigenvalue weighted by Gasteiger charge is 2.48. The summed E-state index contributed by atoms with van der Waals surface area (Å²) in [6, 6.07) is 0. The average molecular weight is 216 g/mol. The highest BCUT2D eigenvalue weighted by atomic mass is 16.1. The molecule has 2 fully saturated rings. The van der Waals surface area contributed by atoms with Gasteiger partial charge in [0.1, 0.15) is 11.6 Å². The second-order valence-electron chi connectivity index (χ2n) is 5.12. The molecule has 0 spiro atoms. The lowest BCUT2D eigenvalue weighted by atomic mass is 9.61. The van der Waals surface area contributed by atoms with E-state index in [1.807, 2.05) is 24.3 Å². The van der Waals surface area contributed by atoms with Crippen molar-refractivity contribution >= 4 is 11.6 Å². The smallest absolute Gasteiger partial charge is 0.144 e. The number of carbonyl (C=O) groups is 2. The molecule has 0 aromatic heterocycles. The van der Waals surface area contributed by atoms with E-state index >= 15 is 0 Å². The fraction of sp³-hybridized carbons (Fsp3) is 0.571. The number of rotatable bonds is 0. The van der Waals surface area contributed by atoms with Gasteiger partial charge < -0.3 is 0 Å².